The van der Waals surface area contributed by atoms with E-state index in [0.717, 1.165) is 4.57 Å². The number of aromatic nitrogens is 4. The van der Waals surface area contributed by atoms with Crippen molar-refractivity contribution < 1.29 is 13.2 Å². The maximum atomic E-state index is 13.2. The Kier molecular flexibility index (Phi) is 6.47. The molecule has 0 aliphatic carbocycles. The predicted octanol–water partition coefficient (Wildman–Crippen LogP) is 3.77. The van der Waals surface area contributed by atoms with Gasteiger partial charge in [0, 0.05) is 23.1 Å². The third-order valence-electron chi connectivity index (χ3n) is 5.33. The highest BCUT2D eigenvalue weighted by atomic mass is 35.5. The molecule has 12 heteroatoms. The van der Waals surface area contributed by atoms with Gasteiger partial charge in [-0.1, -0.05) is 29.8 Å². The number of halogens is 1. The minimum absolute atomic E-state index is 0.00604. The highest BCUT2D eigenvalue weighted by Crippen LogP contribution is 2.22. The number of benzene rings is 3. The molecule has 5 rings (SSSR count). The first-order valence-electron chi connectivity index (χ1n) is 10.9. The fraction of sp³-hybridized carbons (Fsp3) is 0.0400. The Morgan fingerprint density at radius 2 is 1.73 bits per heavy atom. The Labute approximate surface area is 215 Å². The van der Waals surface area contributed by atoms with Crippen LogP contribution in [0.1, 0.15) is 5.56 Å². The average Bonchev–Trinajstić information content (AvgIpc) is 2.88. The van der Waals surface area contributed by atoms with Crippen molar-refractivity contribution in [2.24, 2.45) is 0 Å². The molecule has 0 amide bonds. The summed E-state index contributed by atoms with van der Waals surface area (Å²) in [4.78, 5) is 36.6. The van der Waals surface area contributed by atoms with E-state index in [-0.39, 0.29) is 33.5 Å². The number of ether oxygens (including phenoxy) is 1. The zero-order valence-electron chi connectivity index (χ0n) is 19.0. The minimum atomic E-state index is -3.90. The molecule has 0 bridgehead atoms. The molecule has 3 aromatic carbocycles. The van der Waals surface area contributed by atoms with Crippen molar-refractivity contribution in [3.63, 3.8) is 0 Å². The number of hydrogen-bond acceptors (Lipinski definition) is 7. The van der Waals surface area contributed by atoms with Crippen LogP contribution in [0.5, 0.6) is 11.8 Å². The van der Waals surface area contributed by atoms with E-state index in [4.69, 9.17) is 16.3 Å². The number of nitrogens with one attached hydrogen (secondary N) is 2. The van der Waals surface area contributed by atoms with Gasteiger partial charge in [-0.2, -0.15) is 0 Å². The number of nitrogens with zero attached hydrogens (tertiary/aromatic N) is 3. The third kappa shape index (κ3) is 5.37. The van der Waals surface area contributed by atoms with Gasteiger partial charge in [0.2, 0.25) is 0 Å². The summed E-state index contributed by atoms with van der Waals surface area (Å²) in [6, 6.07) is 18.7. The van der Waals surface area contributed by atoms with E-state index in [2.05, 4.69) is 19.7 Å². The molecular formula is C25H18ClN5O5S. The molecule has 0 aliphatic heterocycles. The van der Waals surface area contributed by atoms with Gasteiger partial charge in [0.1, 0.15) is 5.75 Å². The number of H-pyrrole nitrogens is 1. The van der Waals surface area contributed by atoms with E-state index in [1.54, 1.807) is 48.5 Å². The molecule has 186 valence electrons. The molecular weight excluding hydrogens is 518 g/mol. The van der Waals surface area contributed by atoms with Crippen LogP contribution < -0.4 is 20.7 Å². The number of fused-ring (bicyclic) bond motifs is 1. The summed E-state index contributed by atoms with van der Waals surface area (Å²) in [5.41, 5.74) is -0.00852. The fourth-order valence-corrected chi connectivity index (χ4v) is 4.99. The van der Waals surface area contributed by atoms with Crippen LogP contribution in [0.2, 0.25) is 5.02 Å². The van der Waals surface area contributed by atoms with E-state index < -0.39 is 21.3 Å². The largest absolute Gasteiger partial charge is 0.424 e. The molecule has 0 radical (unpaired) electrons. The first-order valence-corrected chi connectivity index (χ1v) is 12.7. The van der Waals surface area contributed by atoms with Gasteiger partial charge in [0.15, 0.2) is 0 Å². The number of aromatic amines is 1. The van der Waals surface area contributed by atoms with Crippen molar-refractivity contribution in [3.8, 4) is 11.8 Å². The number of sulfonamides is 1. The Hall–Kier alpha value is -4.48. The zero-order valence-corrected chi connectivity index (χ0v) is 20.5. The molecule has 37 heavy (non-hydrogen) atoms. The first kappa shape index (κ1) is 24.2. The van der Waals surface area contributed by atoms with Crippen LogP contribution in [-0.4, -0.2) is 27.9 Å². The second-order valence-electron chi connectivity index (χ2n) is 7.93. The maximum absolute atomic E-state index is 13.2. The van der Waals surface area contributed by atoms with Gasteiger partial charge in [-0.15, -0.1) is 0 Å². The van der Waals surface area contributed by atoms with Crippen molar-refractivity contribution in [1.82, 2.24) is 19.5 Å². The van der Waals surface area contributed by atoms with Gasteiger partial charge in [-0.3, -0.25) is 14.1 Å². The molecule has 2 aromatic heterocycles. The highest BCUT2D eigenvalue weighted by Gasteiger charge is 2.15. The summed E-state index contributed by atoms with van der Waals surface area (Å²) >= 11 is 5.92. The summed E-state index contributed by atoms with van der Waals surface area (Å²) in [6.45, 7) is -0.0935. The Balaban J connectivity index is 1.44. The second-order valence-corrected chi connectivity index (χ2v) is 10.0. The fourth-order valence-electron chi connectivity index (χ4n) is 3.64. The van der Waals surface area contributed by atoms with E-state index >= 15 is 0 Å². The van der Waals surface area contributed by atoms with E-state index in [9.17, 15) is 18.0 Å². The van der Waals surface area contributed by atoms with Crippen molar-refractivity contribution >= 4 is 38.2 Å². The van der Waals surface area contributed by atoms with E-state index in [0.29, 0.717) is 16.8 Å². The lowest BCUT2D eigenvalue weighted by Crippen LogP contribution is -2.35. The normalized spacial score (nSPS) is 11.4. The summed E-state index contributed by atoms with van der Waals surface area (Å²) < 4.78 is 34.6. The van der Waals surface area contributed by atoms with Crippen LogP contribution in [0.4, 0.5) is 5.69 Å². The van der Waals surface area contributed by atoms with Gasteiger partial charge < -0.3 is 9.72 Å². The molecule has 2 N–H and O–H groups in total. The van der Waals surface area contributed by atoms with Crippen LogP contribution in [0.3, 0.4) is 0 Å². The van der Waals surface area contributed by atoms with Crippen LogP contribution in [0.25, 0.3) is 10.9 Å². The average molecular weight is 536 g/mol. The van der Waals surface area contributed by atoms with Crippen molar-refractivity contribution in [1.29, 1.82) is 0 Å². The SMILES string of the molecule is O=c1[nH]c2ccc(Oc3ncccn3)cc2c(=O)n1Cc1cccc(NS(=O)(=O)c2cccc(Cl)c2)c1. The lowest BCUT2D eigenvalue weighted by molar-refractivity contribution is 0.442. The number of hydrogen-bond donors (Lipinski definition) is 2. The molecule has 0 atom stereocenters. The van der Waals surface area contributed by atoms with Crippen LogP contribution in [0.15, 0.2) is 99.7 Å². The van der Waals surface area contributed by atoms with Gasteiger partial charge in [-0.05, 0) is 60.2 Å². The van der Waals surface area contributed by atoms with E-state index in [1.165, 1.54) is 36.7 Å². The molecule has 0 saturated carbocycles. The van der Waals surface area contributed by atoms with Gasteiger partial charge >= 0.3 is 11.7 Å². The van der Waals surface area contributed by atoms with Crippen LogP contribution in [-0.2, 0) is 16.6 Å². The molecule has 10 nitrogen and oxygen atoms in total. The summed E-state index contributed by atoms with van der Waals surface area (Å²) in [6.07, 6.45) is 3.05. The molecule has 0 fully saturated rings. The monoisotopic (exact) mass is 535 g/mol. The maximum Gasteiger partial charge on any atom is 0.329 e. The van der Waals surface area contributed by atoms with Crippen LogP contribution in [0, 0.1) is 0 Å². The summed E-state index contributed by atoms with van der Waals surface area (Å²) in [7, 11) is -3.90. The van der Waals surface area contributed by atoms with Crippen LogP contribution >= 0.6 is 11.6 Å². The molecule has 5 aromatic rings. The molecule has 2 heterocycles. The predicted molar refractivity (Wildman–Crippen MR) is 139 cm³/mol. The Morgan fingerprint density at radius 3 is 2.51 bits per heavy atom. The lowest BCUT2D eigenvalue weighted by Gasteiger charge is -2.11. The third-order valence-corrected chi connectivity index (χ3v) is 6.94. The molecule has 0 spiro atoms. The van der Waals surface area contributed by atoms with E-state index in [1.807, 2.05) is 0 Å². The second kappa shape index (κ2) is 9.88. The zero-order chi connectivity index (χ0) is 26.0. The van der Waals surface area contributed by atoms with Gasteiger partial charge in [0.05, 0.1) is 22.3 Å². The Morgan fingerprint density at radius 1 is 0.946 bits per heavy atom. The topological polar surface area (TPSA) is 136 Å². The quantitative estimate of drug-likeness (QED) is 0.323. The molecule has 0 aliphatic rings. The Bertz CT molecular complexity index is 1840. The van der Waals surface area contributed by atoms with Gasteiger partial charge in [0.25, 0.3) is 15.6 Å². The van der Waals surface area contributed by atoms with Gasteiger partial charge in [-0.25, -0.2) is 23.2 Å². The molecule has 0 unspecified atom stereocenters. The van der Waals surface area contributed by atoms with Crippen molar-refractivity contribution in [3.05, 3.63) is 117 Å². The summed E-state index contributed by atoms with van der Waals surface area (Å²) in [5, 5.41) is 0.516. The highest BCUT2D eigenvalue weighted by molar-refractivity contribution is 7.92. The first-order chi connectivity index (χ1) is 17.8. The lowest BCUT2D eigenvalue weighted by atomic mass is 10.2. The smallest absolute Gasteiger partial charge is 0.329 e. The molecule has 0 saturated heterocycles. The minimum Gasteiger partial charge on any atom is -0.424 e. The number of anilines is 1. The summed E-state index contributed by atoms with van der Waals surface area (Å²) in [5.74, 6) is 0.326. The van der Waals surface area contributed by atoms with Crippen molar-refractivity contribution in [2.45, 2.75) is 11.4 Å². The van der Waals surface area contributed by atoms with Crippen molar-refractivity contribution in [2.75, 3.05) is 4.72 Å². The standard InChI is InChI=1S/C25H18ClN5O5S/c26-17-5-2-7-20(13-17)37(34,35)30-18-6-1-4-16(12-18)15-31-23(32)21-14-19(8-9-22(21)29-25(31)33)36-24-27-10-3-11-28-24/h1-14,30H,15H2,(H,29,33). The number of rotatable bonds is 7.